The summed E-state index contributed by atoms with van der Waals surface area (Å²) < 4.78 is 9.06. The lowest BCUT2D eigenvalue weighted by Crippen LogP contribution is -2.23. The maximum absolute atomic E-state index is 12.2. The van der Waals surface area contributed by atoms with Crippen molar-refractivity contribution in [1.82, 2.24) is 5.32 Å². The minimum atomic E-state index is -1.18. The molecule has 0 bridgehead atoms. The molecule has 138 valence electrons. The van der Waals surface area contributed by atoms with E-state index in [0.29, 0.717) is 0 Å². The third-order valence-electron chi connectivity index (χ3n) is 4.00. The molecule has 0 aliphatic heterocycles. The van der Waals surface area contributed by atoms with Crippen LogP contribution in [-0.2, 0) is 20.9 Å². The van der Waals surface area contributed by atoms with Crippen LogP contribution in [0.5, 0.6) is 0 Å². The lowest BCUT2D eigenvalue weighted by molar-refractivity contribution is -0.151. The fraction of sp³-hybridized carbons (Fsp3) is 0.533. The molecular formula is C15H18Cl2N2O5S. The molecule has 7 nitrogen and oxygen atoms in total. The summed E-state index contributed by atoms with van der Waals surface area (Å²) >= 11 is 12.9. The lowest BCUT2D eigenvalue weighted by atomic mass is 10.1. The highest BCUT2D eigenvalue weighted by atomic mass is 35.5. The fourth-order valence-corrected chi connectivity index (χ4v) is 3.96. The van der Waals surface area contributed by atoms with E-state index in [-0.39, 0.29) is 40.6 Å². The summed E-state index contributed by atoms with van der Waals surface area (Å²) in [4.78, 5) is 36.6. The number of alkyl halides is 2. The first-order valence-corrected chi connectivity index (χ1v) is 9.01. The van der Waals surface area contributed by atoms with Crippen LogP contribution in [0.3, 0.4) is 0 Å². The average Bonchev–Trinajstić information content (AvgIpc) is 2.89. The molecule has 1 aromatic rings. The third-order valence-corrected chi connectivity index (χ3v) is 6.16. The van der Waals surface area contributed by atoms with Gasteiger partial charge in [0.1, 0.15) is 31.8 Å². The second-order valence-electron chi connectivity index (χ2n) is 5.74. The van der Waals surface area contributed by atoms with Gasteiger partial charge in [0, 0.05) is 19.0 Å². The highest BCUT2D eigenvalue weighted by molar-refractivity contribution is 7.18. The number of nitrogens with two attached hydrogens (primary N) is 1. The van der Waals surface area contributed by atoms with Crippen molar-refractivity contribution in [2.75, 3.05) is 19.4 Å². The minimum Gasteiger partial charge on any atom is -0.462 e. The summed E-state index contributed by atoms with van der Waals surface area (Å²) in [5, 5.41) is 2.57. The maximum atomic E-state index is 12.2. The van der Waals surface area contributed by atoms with Gasteiger partial charge in [0.15, 0.2) is 0 Å². The monoisotopic (exact) mass is 408 g/mol. The van der Waals surface area contributed by atoms with Crippen LogP contribution in [-0.4, -0.2) is 35.8 Å². The molecule has 1 fully saturated rings. The molecule has 1 saturated carbocycles. The van der Waals surface area contributed by atoms with Gasteiger partial charge in [0.2, 0.25) is 0 Å². The van der Waals surface area contributed by atoms with E-state index in [0.717, 1.165) is 11.3 Å². The van der Waals surface area contributed by atoms with Crippen molar-refractivity contribution >= 4 is 57.4 Å². The summed E-state index contributed by atoms with van der Waals surface area (Å²) in [6.07, 6.45) is 0.265. The van der Waals surface area contributed by atoms with E-state index in [1.807, 2.05) is 0 Å². The van der Waals surface area contributed by atoms with Gasteiger partial charge in [-0.1, -0.05) is 0 Å². The first-order valence-electron chi connectivity index (χ1n) is 7.44. The molecule has 3 N–H and O–H groups in total. The predicted molar refractivity (Wildman–Crippen MR) is 95.0 cm³/mol. The van der Waals surface area contributed by atoms with Gasteiger partial charge in [0.25, 0.3) is 5.91 Å². The number of carbonyl (C=O) groups excluding carboxylic acids is 3. The van der Waals surface area contributed by atoms with E-state index in [2.05, 4.69) is 5.32 Å². The molecule has 0 aromatic carbocycles. The van der Waals surface area contributed by atoms with Crippen molar-refractivity contribution in [3.05, 3.63) is 16.0 Å². The van der Waals surface area contributed by atoms with Crippen LogP contribution in [0.4, 0.5) is 5.00 Å². The number of ether oxygens (including phenoxy) is 2. The topological polar surface area (TPSA) is 108 Å². The summed E-state index contributed by atoms with van der Waals surface area (Å²) in [6.45, 7) is 3.06. The van der Waals surface area contributed by atoms with Crippen molar-refractivity contribution in [1.29, 1.82) is 0 Å². The van der Waals surface area contributed by atoms with E-state index in [1.165, 1.54) is 7.05 Å². The number of nitrogens with one attached hydrogen (secondary N) is 1. The number of rotatable bonds is 6. The van der Waals surface area contributed by atoms with E-state index < -0.39 is 27.6 Å². The van der Waals surface area contributed by atoms with Crippen molar-refractivity contribution in [2.24, 2.45) is 5.41 Å². The zero-order valence-electron chi connectivity index (χ0n) is 13.9. The molecule has 0 unspecified atom stereocenters. The Labute approximate surface area is 158 Å². The summed E-state index contributed by atoms with van der Waals surface area (Å²) in [5.41, 5.74) is 5.08. The molecule has 1 aliphatic rings. The van der Waals surface area contributed by atoms with Crippen LogP contribution in [0.2, 0.25) is 0 Å². The van der Waals surface area contributed by atoms with Gasteiger partial charge in [-0.15, -0.1) is 34.5 Å². The van der Waals surface area contributed by atoms with Crippen LogP contribution >= 0.6 is 34.5 Å². The van der Waals surface area contributed by atoms with Crippen molar-refractivity contribution < 1.29 is 23.9 Å². The first kappa shape index (κ1) is 19.8. The largest absolute Gasteiger partial charge is 0.462 e. The Hall–Kier alpha value is -1.51. The Morgan fingerprint density at radius 3 is 2.40 bits per heavy atom. The molecule has 0 saturated heterocycles. The van der Waals surface area contributed by atoms with Gasteiger partial charge in [-0.25, -0.2) is 4.79 Å². The van der Waals surface area contributed by atoms with Crippen molar-refractivity contribution in [3.63, 3.8) is 0 Å². The van der Waals surface area contributed by atoms with Gasteiger partial charge >= 0.3 is 11.9 Å². The molecule has 1 aromatic heterocycles. The quantitative estimate of drug-likeness (QED) is 0.552. The molecule has 0 spiro atoms. The number of esters is 2. The number of amides is 1. The molecule has 10 heteroatoms. The minimum absolute atomic E-state index is 0.0298. The smallest absolute Gasteiger partial charge is 0.341 e. The Bertz CT molecular complexity index is 734. The van der Waals surface area contributed by atoms with Crippen LogP contribution in [0.1, 0.15) is 45.9 Å². The molecule has 1 atom stereocenters. The Morgan fingerprint density at radius 1 is 1.32 bits per heavy atom. The zero-order valence-corrected chi connectivity index (χ0v) is 16.2. The lowest BCUT2D eigenvalue weighted by Gasteiger charge is -2.13. The van der Waals surface area contributed by atoms with E-state index >= 15 is 0 Å². The predicted octanol–water partition coefficient (Wildman–Crippen LogP) is 2.49. The number of thiophene rings is 1. The summed E-state index contributed by atoms with van der Waals surface area (Å²) in [5.74, 6) is -1.74. The van der Waals surface area contributed by atoms with Crippen LogP contribution in [0, 0.1) is 5.41 Å². The Balaban J connectivity index is 2.29. The van der Waals surface area contributed by atoms with Gasteiger partial charge < -0.3 is 20.5 Å². The van der Waals surface area contributed by atoms with Gasteiger partial charge in [-0.05, 0) is 13.8 Å². The second-order valence-corrected chi connectivity index (χ2v) is 8.27. The third kappa shape index (κ3) is 3.56. The highest BCUT2D eigenvalue weighted by Crippen LogP contribution is 2.64. The maximum Gasteiger partial charge on any atom is 0.341 e. The van der Waals surface area contributed by atoms with E-state index in [4.69, 9.17) is 38.4 Å². The molecule has 25 heavy (non-hydrogen) atoms. The summed E-state index contributed by atoms with van der Waals surface area (Å²) in [6, 6.07) is 0. The molecular weight excluding hydrogens is 391 g/mol. The van der Waals surface area contributed by atoms with Crippen molar-refractivity contribution in [2.45, 2.75) is 31.2 Å². The number of nitrogen functional groups attached to an aromatic ring is 1. The Morgan fingerprint density at radius 2 is 1.92 bits per heavy atom. The highest BCUT2D eigenvalue weighted by Gasteiger charge is 2.69. The fourth-order valence-electron chi connectivity index (χ4n) is 2.26. The Kier molecular flexibility index (Phi) is 5.56. The van der Waals surface area contributed by atoms with Crippen molar-refractivity contribution in [3.8, 4) is 0 Å². The van der Waals surface area contributed by atoms with Gasteiger partial charge in [-0.2, -0.15) is 0 Å². The molecule has 1 amide bonds. The number of hydrogen-bond acceptors (Lipinski definition) is 7. The average molecular weight is 409 g/mol. The van der Waals surface area contributed by atoms with E-state index in [1.54, 1.807) is 13.8 Å². The normalized spacial score (nSPS) is 20.7. The SMILES string of the molecule is CCOC(=O)c1c(N)sc(C(=O)NC)c1COC(=O)[C@]1(C)CC1(Cl)Cl. The standard InChI is InChI=1S/C15H18Cl2N2O5S/c1-4-23-12(21)8-7(9(11(20)19-3)25-10(8)18)5-24-13(22)14(2)6-15(14,16)17/h4-6,18H2,1-3H3,(H,19,20)/t14-/m0/s1. The number of hydrogen-bond donors (Lipinski definition) is 2. The number of anilines is 1. The van der Waals surface area contributed by atoms with E-state index in [9.17, 15) is 14.4 Å². The number of carbonyl (C=O) groups is 3. The number of halogens is 2. The summed E-state index contributed by atoms with van der Waals surface area (Å²) in [7, 11) is 1.44. The first-order chi connectivity index (χ1) is 11.6. The zero-order chi connectivity index (χ0) is 19.0. The molecule has 0 radical (unpaired) electrons. The molecule has 1 aliphatic carbocycles. The van der Waals surface area contributed by atoms with Gasteiger partial charge in [0.05, 0.1) is 6.61 Å². The molecule has 2 rings (SSSR count). The van der Waals surface area contributed by atoms with Crippen LogP contribution < -0.4 is 11.1 Å². The second kappa shape index (κ2) is 7.01. The molecule has 1 heterocycles. The van der Waals surface area contributed by atoms with Gasteiger partial charge in [-0.3, -0.25) is 9.59 Å². The van der Waals surface area contributed by atoms with Crippen LogP contribution in [0.15, 0.2) is 0 Å². The van der Waals surface area contributed by atoms with Crippen LogP contribution in [0.25, 0.3) is 0 Å².